The molecule has 1 aromatic carbocycles. The fraction of sp³-hybridized carbons (Fsp3) is 0.483. The highest BCUT2D eigenvalue weighted by atomic mass is 32.2. The highest BCUT2D eigenvalue weighted by Gasteiger charge is 2.39. The second-order valence-electron chi connectivity index (χ2n) is 10.4. The van der Waals surface area contributed by atoms with Crippen LogP contribution in [0.4, 0.5) is 11.4 Å². The molecule has 1 saturated heterocycles. The summed E-state index contributed by atoms with van der Waals surface area (Å²) in [6.07, 6.45) is 9.56. The maximum absolute atomic E-state index is 14.0. The van der Waals surface area contributed by atoms with E-state index in [1.54, 1.807) is 13.2 Å². The summed E-state index contributed by atoms with van der Waals surface area (Å²) in [7, 11) is -1.31. The smallest absolute Gasteiger partial charge is 0.332 e. The molecule has 1 aromatic rings. The minimum atomic E-state index is -4.12. The van der Waals surface area contributed by atoms with Gasteiger partial charge >= 0.3 is 5.70 Å². The predicted octanol–water partition coefficient (Wildman–Crippen LogP) is 3.11. The van der Waals surface area contributed by atoms with E-state index in [0.29, 0.717) is 12.1 Å². The molecule has 12 heteroatoms. The first kappa shape index (κ1) is 30.6. The van der Waals surface area contributed by atoms with Crippen LogP contribution >= 0.6 is 0 Å². The first-order valence-corrected chi connectivity index (χ1v) is 15.3. The molecule has 41 heavy (non-hydrogen) atoms. The summed E-state index contributed by atoms with van der Waals surface area (Å²) in [5.74, 6) is -0.388. The lowest BCUT2D eigenvalue weighted by Gasteiger charge is -2.29. The molecular weight excluding hydrogens is 546 g/mol. The number of sulfonamides is 1. The number of hydrogen-bond donors (Lipinski definition) is 2. The lowest BCUT2D eigenvalue weighted by atomic mass is 10.0. The number of nitrogens with one attached hydrogen (secondary N) is 2. The van der Waals surface area contributed by atoms with Gasteiger partial charge in [-0.25, -0.2) is 13.3 Å². The van der Waals surface area contributed by atoms with Crippen LogP contribution in [0.5, 0.6) is 0 Å². The van der Waals surface area contributed by atoms with Crippen LogP contribution in [0.1, 0.15) is 26.2 Å². The number of nitrogens with zero attached hydrogens (tertiary/aromatic N) is 3. The summed E-state index contributed by atoms with van der Waals surface area (Å²) in [4.78, 5) is 32.6. The number of piperazine rings is 1. The van der Waals surface area contributed by atoms with Crippen LogP contribution in [0, 0.1) is 10.8 Å². The van der Waals surface area contributed by atoms with Crippen LogP contribution in [0.2, 0.25) is 0 Å². The highest BCUT2D eigenvalue weighted by Crippen LogP contribution is 2.31. The normalized spacial score (nSPS) is 21.2. The zero-order chi connectivity index (χ0) is 29.4. The third-order valence-electron chi connectivity index (χ3n) is 7.41. The molecule has 11 nitrogen and oxygen atoms in total. The average molecular weight is 587 g/mol. The number of carbonyl (C=O) groups is 1. The molecule has 4 rings (SSSR count). The van der Waals surface area contributed by atoms with E-state index in [1.165, 1.54) is 17.5 Å². The topological polar surface area (TPSA) is 120 Å². The second-order valence-corrected chi connectivity index (χ2v) is 12.3. The standard InChI is InChI=1S/C29H39N5O6S/c1-22-4-13-27(34(36)40-3)28(20-22)41(37,38)33(21-23-5-11-26(39-2)12-6-23)17-14-29(35)31-24-7-9-25(10-8-24)32-18-15-30-16-19-32/h4-11,13,22,26,30H,12,14-21H2,1-3H3/p+1. The summed E-state index contributed by atoms with van der Waals surface area (Å²) < 4.78 is 34.7. The Morgan fingerprint density at radius 2 is 1.88 bits per heavy atom. The van der Waals surface area contributed by atoms with Gasteiger partial charge in [0.2, 0.25) is 15.9 Å². The minimum Gasteiger partial charge on any atom is -0.377 e. The Kier molecular flexibility index (Phi) is 10.5. The van der Waals surface area contributed by atoms with Crippen LogP contribution in [-0.4, -0.2) is 83.1 Å². The van der Waals surface area contributed by atoms with Crippen LogP contribution in [0.3, 0.4) is 0 Å². The van der Waals surface area contributed by atoms with Crippen LogP contribution < -0.4 is 15.5 Å². The van der Waals surface area contributed by atoms with Gasteiger partial charge in [0, 0.05) is 70.2 Å². The lowest BCUT2D eigenvalue weighted by molar-refractivity contribution is -0.758. The van der Waals surface area contributed by atoms with E-state index in [0.717, 1.165) is 37.4 Å². The number of methoxy groups -OCH3 is 1. The first-order valence-electron chi connectivity index (χ1n) is 13.9. The van der Waals surface area contributed by atoms with E-state index in [9.17, 15) is 18.1 Å². The van der Waals surface area contributed by atoms with Crippen LogP contribution in [-0.2, 0) is 24.4 Å². The molecule has 1 amide bonds. The lowest BCUT2D eigenvalue weighted by Crippen LogP contribution is -2.43. The molecule has 2 unspecified atom stereocenters. The van der Waals surface area contributed by atoms with Crippen molar-refractivity contribution in [2.45, 2.75) is 32.3 Å². The van der Waals surface area contributed by atoms with Crippen molar-refractivity contribution in [2.24, 2.45) is 5.92 Å². The summed E-state index contributed by atoms with van der Waals surface area (Å²) in [5.41, 5.74) is 2.47. The molecule has 0 radical (unpaired) electrons. The molecule has 1 aliphatic heterocycles. The molecule has 222 valence electrons. The monoisotopic (exact) mass is 586 g/mol. The van der Waals surface area contributed by atoms with Gasteiger partial charge in [0.05, 0.1) is 11.0 Å². The van der Waals surface area contributed by atoms with Crippen molar-refractivity contribution in [3.8, 4) is 0 Å². The van der Waals surface area contributed by atoms with Gasteiger partial charge in [-0.15, -0.1) is 0 Å². The summed E-state index contributed by atoms with van der Waals surface area (Å²) >= 11 is 0. The molecular formula is C29H40N5O6S+. The van der Waals surface area contributed by atoms with Crippen molar-refractivity contribution >= 4 is 27.3 Å². The second kappa shape index (κ2) is 14.0. The van der Waals surface area contributed by atoms with Gasteiger partial charge in [-0.1, -0.05) is 31.2 Å². The number of amides is 1. The Hall–Kier alpha value is -3.32. The van der Waals surface area contributed by atoms with E-state index in [-0.39, 0.29) is 59.4 Å². The average Bonchev–Trinajstić information content (AvgIpc) is 2.99. The Morgan fingerprint density at radius 1 is 1.15 bits per heavy atom. The number of anilines is 2. The SMILES string of the molecule is COC1C=CC(CN(CCC(=O)Nc2ccc(N3CCNCC3)cc2)S(=O)(=O)C2=C([N+](=O)OC)C=CC(C)C2)=CC1. The summed E-state index contributed by atoms with van der Waals surface area (Å²) in [6.45, 7) is 5.60. The minimum absolute atomic E-state index is 0.0246. The van der Waals surface area contributed by atoms with E-state index >= 15 is 0 Å². The van der Waals surface area contributed by atoms with E-state index in [1.807, 2.05) is 49.4 Å². The quantitative estimate of drug-likeness (QED) is 0.359. The van der Waals surface area contributed by atoms with E-state index < -0.39 is 10.0 Å². The molecule has 3 aliphatic rings. The largest absolute Gasteiger partial charge is 0.377 e. The molecule has 2 atom stereocenters. The van der Waals surface area contributed by atoms with Crippen molar-refractivity contribution < 1.29 is 27.7 Å². The number of hydrogen-bond acceptors (Lipinski definition) is 8. The van der Waals surface area contributed by atoms with E-state index in [4.69, 9.17) is 9.57 Å². The van der Waals surface area contributed by atoms with Gasteiger partial charge in [-0.3, -0.25) is 4.79 Å². The number of benzene rings is 1. The zero-order valence-corrected chi connectivity index (χ0v) is 24.7. The van der Waals surface area contributed by atoms with Crippen molar-refractivity contribution in [1.82, 2.24) is 9.62 Å². The number of allylic oxidation sites excluding steroid dienone is 3. The van der Waals surface area contributed by atoms with Gasteiger partial charge < -0.3 is 20.3 Å². The maximum atomic E-state index is 14.0. The Labute approximate surface area is 242 Å². The zero-order valence-electron chi connectivity index (χ0n) is 23.9. The first-order chi connectivity index (χ1) is 19.7. The number of ether oxygens (including phenoxy) is 1. The predicted molar refractivity (Wildman–Crippen MR) is 158 cm³/mol. The Morgan fingerprint density at radius 3 is 2.51 bits per heavy atom. The highest BCUT2D eigenvalue weighted by molar-refractivity contribution is 7.93. The molecule has 1 fully saturated rings. The third-order valence-corrected chi connectivity index (χ3v) is 9.40. The van der Waals surface area contributed by atoms with E-state index in [2.05, 4.69) is 15.5 Å². The number of carbonyl (C=O) groups excluding carboxylic acids is 1. The van der Waals surface area contributed by atoms with Crippen molar-refractivity contribution in [3.05, 3.63) is 75.7 Å². The van der Waals surface area contributed by atoms with Crippen LogP contribution in [0.15, 0.2) is 70.8 Å². The van der Waals surface area contributed by atoms with Gasteiger partial charge in [-0.05, 0) is 48.6 Å². The maximum Gasteiger partial charge on any atom is 0.332 e. The van der Waals surface area contributed by atoms with Crippen molar-refractivity contribution in [1.29, 1.82) is 0 Å². The van der Waals surface area contributed by atoms with Crippen LogP contribution in [0.25, 0.3) is 0 Å². The van der Waals surface area contributed by atoms with Gasteiger partial charge in [0.25, 0.3) is 4.92 Å². The van der Waals surface area contributed by atoms with Crippen molar-refractivity contribution in [3.63, 3.8) is 0 Å². The molecule has 2 aliphatic carbocycles. The van der Waals surface area contributed by atoms with Crippen molar-refractivity contribution in [2.75, 3.05) is 63.7 Å². The Balaban J connectivity index is 1.50. The molecule has 2 N–H and O–H groups in total. The number of rotatable bonds is 12. The fourth-order valence-electron chi connectivity index (χ4n) is 5.02. The summed E-state index contributed by atoms with van der Waals surface area (Å²) in [6, 6.07) is 7.66. The fourth-order valence-corrected chi connectivity index (χ4v) is 6.86. The molecule has 0 aromatic heterocycles. The molecule has 0 spiro atoms. The van der Waals surface area contributed by atoms with Gasteiger partial charge in [0.1, 0.15) is 4.91 Å². The molecule has 1 heterocycles. The van der Waals surface area contributed by atoms with Gasteiger partial charge in [-0.2, -0.15) is 4.31 Å². The Bertz CT molecular complexity index is 1330. The molecule has 0 saturated carbocycles. The molecule has 0 bridgehead atoms. The summed E-state index contributed by atoms with van der Waals surface area (Å²) in [5, 5.41) is 6.21. The van der Waals surface area contributed by atoms with Gasteiger partial charge in [0.15, 0.2) is 7.11 Å². The third kappa shape index (κ3) is 7.91.